The highest BCUT2D eigenvalue weighted by Gasteiger charge is 2.37. The first-order valence-electron chi connectivity index (χ1n) is 19.8. The Kier molecular flexibility index (Phi) is 8.80. The van der Waals surface area contributed by atoms with Crippen LogP contribution in [0.3, 0.4) is 0 Å². The zero-order chi connectivity index (χ0) is 39.1. The number of anilines is 3. The molecule has 0 saturated carbocycles. The van der Waals surface area contributed by atoms with Gasteiger partial charge < -0.3 is 4.90 Å². The molecule has 0 fully saturated rings. The van der Waals surface area contributed by atoms with Crippen LogP contribution in [0.2, 0.25) is 0 Å². The average Bonchev–Trinajstić information content (AvgIpc) is 3.30. The minimum atomic E-state index is -0.208. The molecule has 0 bridgehead atoms. The van der Waals surface area contributed by atoms with Gasteiger partial charge in [0.25, 0.3) is 0 Å². The third-order valence-electron chi connectivity index (χ3n) is 11.3. The number of nitrogens with zero attached hydrogens (tertiary/aromatic N) is 4. The van der Waals surface area contributed by atoms with Crippen LogP contribution in [0, 0.1) is 0 Å². The van der Waals surface area contributed by atoms with Gasteiger partial charge in [-0.05, 0) is 74.8 Å². The molecule has 0 spiro atoms. The number of para-hydroxylation sites is 2. The molecule has 0 amide bonds. The van der Waals surface area contributed by atoms with Crippen LogP contribution in [0.4, 0.5) is 17.1 Å². The van der Waals surface area contributed by atoms with Crippen LogP contribution in [-0.4, -0.2) is 15.0 Å². The van der Waals surface area contributed by atoms with Crippen molar-refractivity contribution in [3.8, 4) is 67.5 Å². The normalized spacial score (nSPS) is 12.8. The summed E-state index contributed by atoms with van der Waals surface area (Å²) < 4.78 is 0. The second-order valence-electron chi connectivity index (χ2n) is 15.3. The van der Waals surface area contributed by atoms with E-state index in [4.69, 9.17) is 15.0 Å². The first-order valence-corrected chi connectivity index (χ1v) is 19.8. The third kappa shape index (κ3) is 6.25. The van der Waals surface area contributed by atoms with E-state index >= 15 is 0 Å². The standard InChI is InChI=1S/C54H40N4/c1-54(2)46-27-15-17-29-49(46)58(50-30-18-16-28-47(50)54)48-34-32-42(44-35-41(37-19-7-3-8-20-37)31-33-43(44)38-21-9-4-10-22-38)36-45(48)53-56-51(39-23-11-5-12-24-39)55-52(57-53)40-25-13-6-14-26-40/h3-36H,1-2H3. The smallest absolute Gasteiger partial charge is 0.166 e. The molecule has 276 valence electrons. The summed E-state index contributed by atoms with van der Waals surface area (Å²) >= 11 is 0. The Morgan fingerprint density at radius 3 is 1.29 bits per heavy atom. The summed E-state index contributed by atoms with van der Waals surface area (Å²) in [6.07, 6.45) is 0. The number of hydrogen-bond donors (Lipinski definition) is 0. The summed E-state index contributed by atoms with van der Waals surface area (Å²) in [5.41, 5.74) is 15.2. The minimum Gasteiger partial charge on any atom is -0.309 e. The Hall–Kier alpha value is -7.43. The molecule has 0 unspecified atom stereocenters. The largest absolute Gasteiger partial charge is 0.309 e. The minimum absolute atomic E-state index is 0.208. The highest BCUT2D eigenvalue weighted by Crippen LogP contribution is 2.53. The molecule has 0 radical (unpaired) electrons. The van der Waals surface area contributed by atoms with Crippen molar-refractivity contribution in [1.29, 1.82) is 0 Å². The van der Waals surface area contributed by atoms with Crippen LogP contribution in [0.15, 0.2) is 206 Å². The van der Waals surface area contributed by atoms with Gasteiger partial charge in [0.05, 0.1) is 17.1 Å². The average molecular weight is 745 g/mol. The van der Waals surface area contributed by atoms with Crippen molar-refractivity contribution in [3.05, 3.63) is 217 Å². The highest BCUT2D eigenvalue weighted by atomic mass is 15.2. The maximum Gasteiger partial charge on any atom is 0.166 e. The zero-order valence-corrected chi connectivity index (χ0v) is 32.4. The summed E-state index contributed by atoms with van der Waals surface area (Å²) in [5, 5.41) is 0. The van der Waals surface area contributed by atoms with Crippen molar-refractivity contribution in [2.45, 2.75) is 19.3 Å². The molecule has 0 aliphatic carbocycles. The number of benzene rings is 8. The molecule has 10 rings (SSSR count). The van der Waals surface area contributed by atoms with Gasteiger partial charge in [0.1, 0.15) is 0 Å². The summed E-state index contributed by atoms with van der Waals surface area (Å²) in [6.45, 7) is 4.64. The maximum absolute atomic E-state index is 5.33. The quantitative estimate of drug-likeness (QED) is 0.163. The molecule has 0 atom stereocenters. The Labute approximate surface area is 339 Å². The van der Waals surface area contributed by atoms with Gasteiger partial charge >= 0.3 is 0 Å². The highest BCUT2D eigenvalue weighted by molar-refractivity contribution is 5.95. The number of aromatic nitrogens is 3. The fourth-order valence-corrected chi connectivity index (χ4v) is 8.40. The van der Waals surface area contributed by atoms with Crippen molar-refractivity contribution < 1.29 is 0 Å². The lowest BCUT2D eigenvalue weighted by molar-refractivity contribution is 0.632. The van der Waals surface area contributed by atoms with E-state index in [9.17, 15) is 0 Å². The SMILES string of the molecule is CC1(C)c2ccccc2N(c2ccc(-c3cc(-c4ccccc4)ccc3-c3ccccc3)cc2-c2nc(-c3ccccc3)nc(-c3ccccc3)n2)c2ccccc21. The van der Waals surface area contributed by atoms with E-state index in [1.807, 2.05) is 36.4 Å². The van der Waals surface area contributed by atoms with Crippen molar-refractivity contribution in [2.75, 3.05) is 4.90 Å². The van der Waals surface area contributed by atoms with E-state index in [-0.39, 0.29) is 5.41 Å². The van der Waals surface area contributed by atoms with E-state index in [0.29, 0.717) is 17.5 Å². The third-order valence-corrected chi connectivity index (χ3v) is 11.3. The van der Waals surface area contributed by atoms with Gasteiger partial charge in [0, 0.05) is 22.1 Å². The van der Waals surface area contributed by atoms with E-state index in [1.54, 1.807) is 0 Å². The summed E-state index contributed by atoms with van der Waals surface area (Å²) in [5.74, 6) is 1.85. The van der Waals surface area contributed by atoms with Gasteiger partial charge in [-0.15, -0.1) is 0 Å². The van der Waals surface area contributed by atoms with Gasteiger partial charge in [-0.1, -0.05) is 190 Å². The predicted molar refractivity (Wildman–Crippen MR) is 239 cm³/mol. The van der Waals surface area contributed by atoms with E-state index in [2.05, 4.69) is 189 Å². The van der Waals surface area contributed by atoms with Crippen molar-refractivity contribution >= 4 is 17.1 Å². The predicted octanol–water partition coefficient (Wildman–Crippen LogP) is 14.0. The van der Waals surface area contributed by atoms with Gasteiger partial charge in [-0.2, -0.15) is 0 Å². The molecule has 1 aromatic heterocycles. The van der Waals surface area contributed by atoms with Crippen LogP contribution in [0.1, 0.15) is 25.0 Å². The van der Waals surface area contributed by atoms with Gasteiger partial charge in [-0.3, -0.25) is 0 Å². The summed E-state index contributed by atoms with van der Waals surface area (Å²) in [7, 11) is 0. The lowest BCUT2D eigenvalue weighted by atomic mass is 9.73. The van der Waals surface area contributed by atoms with Crippen molar-refractivity contribution in [1.82, 2.24) is 15.0 Å². The van der Waals surface area contributed by atoms with Gasteiger partial charge in [-0.25, -0.2) is 15.0 Å². The molecular formula is C54H40N4. The number of hydrogen-bond acceptors (Lipinski definition) is 4. The Morgan fingerprint density at radius 1 is 0.310 bits per heavy atom. The van der Waals surface area contributed by atoms with Crippen molar-refractivity contribution in [2.24, 2.45) is 0 Å². The molecule has 2 heterocycles. The number of rotatable bonds is 7. The fraction of sp³-hybridized carbons (Fsp3) is 0.0556. The Bertz CT molecular complexity index is 2800. The molecule has 1 aliphatic heterocycles. The van der Waals surface area contributed by atoms with Gasteiger partial charge in [0.15, 0.2) is 17.5 Å². The Balaban J connectivity index is 1.28. The van der Waals surface area contributed by atoms with Crippen LogP contribution >= 0.6 is 0 Å². The molecule has 0 saturated heterocycles. The number of fused-ring (bicyclic) bond motifs is 2. The van der Waals surface area contributed by atoms with Crippen molar-refractivity contribution in [3.63, 3.8) is 0 Å². The zero-order valence-electron chi connectivity index (χ0n) is 32.4. The lowest BCUT2D eigenvalue weighted by Crippen LogP contribution is -2.30. The van der Waals surface area contributed by atoms with E-state index < -0.39 is 0 Å². The molecule has 1 aliphatic rings. The molecular weight excluding hydrogens is 705 g/mol. The van der Waals surface area contributed by atoms with Crippen LogP contribution in [0.25, 0.3) is 67.5 Å². The lowest BCUT2D eigenvalue weighted by Gasteiger charge is -2.42. The molecule has 9 aromatic rings. The molecule has 8 aromatic carbocycles. The monoisotopic (exact) mass is 744 g/mol. The molecule has 4 heteroatoms. The van der Waals surface area contributed by atoms with Gasteiger partial charge in [0.2, 0.25) is 0 Å². The second kappa shape index (κ2) is 14.6. The molecule has 4 nitrogen and oxygen atoms in total. The topological polar surface area (TPSA) is 41.9 Å². The maximum atomic E-state index is 5.33. The van der Waals surface area contributed by atoms with E-state index in [1.165, 1.54) is 16.7 Å². The molecule has 0 N–H and O–H groups in total. The molecule has 58 heavy (non-hydrogen) atoms. The first-order chi connectivity index (χ1) is 28.5. The van der Waals surface area contributed by atoms with E-state index in [0.717, 1.165) is 61.6 Å². The second-order valence-corrected chi connectivity index (χ2v) is 15.3. The fourth-order valence-electron chi connectivity index (χ4n) is 8.40. The van der Waals surface area contributed by atoms with Crippen LogP contribution in [-0.2, 0) is 5.41 Å². The van der Waals surface area contributed by atoms with Crippen LogP contribution in [0.5, 0.6) is 0 Å². The summed E-state index contributed by atoms with van der Waals surface area (Å²) in [6, 6.07) is 72.8. The van der Waals surface area contributed by atoms with Crippen LogP contribution < -0.4 is 4.90 Å². The first kappa shape index (κ1) is 35.0. The summed E-state index contributed by atoms with van der Waals surface area (Å²) in [4.78, 5) is 18.1. The Morgan fingerprint density at radius 2 is 0.741 bits per heavy atom.